The van der Waals surface area contributed by atoms with Crippen LogP contribution in [0.4, 0.5) is 5.69 Å². The van der Waals surface area contributed by atoms with Crippen LogP contribution < -0.4 is 15.2 Å². The second-order valence-electron chi connectivity index (χ2n) is 5.72. The molecule has 1 aliphatic rings. The van der Waals surface area contributed by atoms with Crippen molar-refractivity contribution < 1.29 is 9.47 Å². The molecule has 0 spiro atoms. The standard InChI is InChI=1S/C16H27N3O2/c1-4-19(7-5-6-18(2)3)12-13-10-15-16(11-14(13)17)21-9-8-20-15/h10-11H,4-9,12,17H2,1-3H3. The molecule has 0 saturated heterocycles. The number of nitrogens with zero attached hydrogens (tertiary/aromatic N) is 2. The summed E-state index contributed by atoms with van der Waals surface area (Å²) in [7, 11) is 4.21. The third kappa shape index (κ3) is 4.51. The minimum absolute atomic E-state index is 0.595. The van der Waals surface area contributed by atoms with Crippen LogP contribution in [0.15, 0.2) is 12.1 Å². The van der Waals surface area contributed by atoms with Crippen LogP contribution in [0.3, 0.4) is 0 Å². The highest BCUT2D eigenvalue weighted by atomic mass is 16.6. The number of ether oxygens (including phenoxy) is 2. The number of hydrogen-bond acceptors (Lipinski definition) is 5. The lowest BCUT2D eigenvalue weighted by Crippen LogP contribution is -2.27. The molecule has 0 aliphatic carbocycles. The molecule has 1 heterocycles. The quantitative estimate of drug-likeness (QED) is 0.777. The number of benzene rings is 1. The van der Waals surface area contributed by atoms with Crippen LogP contribution in [0.5, 0.6) is 11.5 Å². The Bertz CT molecular complexity index is 463. The summed E-state index contributed by atoms with van der Waals surface area (Å²) in [6.07, 6.45) is 1.16. The van der Waals surface area contributed by atoms with Gasteiger partial charge in [0.1, 0.15) is 13.2 Å². The fourth-order valence-corrected chi connectivity index (χ4v) is 2.48. The molecule has 0 unspecified atom stereocenters. The van der Waals surface area contributed by atoms with Crippen LogP contribution in [-0.4, -0.2) is 56.7 Å². The molecule has 0 radical (unpaired) electrons. The van der Waals surface area contributed by atoms with Gasteiger partial charge in [-0.2, -0.15) is 0 Å². The largest absolute Gasteiger partial charge is 0.486 e. The predicted molar refractivity (Wildman–Crippen MR) is 86.0 cm³/mol. The van der Waals surface area contributed by atoms with Crippen molar-refractivity contribution in [1.82, 2.24) is 9.80 Å². The Morgan fingerprint density at radius 1 is 1.10 bits per heavy atom. The van der Waals surface area contributed by atoms with Gasteiger partial charge in [0.05, 0.1) is 0 Å². The maximum atomic E-state index is 6.15. The summed E-state index contributed by atoms with van der Waals surface area (Å²) in [5.74, 6) is 1.58. The van der Waals surface area contributed by atoms with Gasteiger partial charge in [-0.3, -0.25) is 4.90 Å². The second kappa shape index (κ2) is 7.52. The van der Waals surface area contributed by atoms with Crippen LogP contribution >= 0.6 is 0 Å². The summed E-state index contributed by atoms with van der Waals surface area (Å²) >= 11 is 0. The second-order valence-corrected chi connectivity index (χ2v) is 5.72. The van der Waals surface area contributed by atoms with Crippen molar-refractivity contribution in [1.29, 1.82) is 0 Å². The van der Waals surface area contributed by atoms with Crippen LogP contribution in [0.25, 0.3) is 0 Å². The van der Waals surface area contributed by atoms with Crippen LogP contribution in [-0.2, 0) is 6.54 Å². The van der Waals surface area contributed by atoms with Gasteiger partial charge in [-0.1, -0.05) is 6.92 Å². The Kier molecular flexibility index (Phi) is 5.70. The van der Waals surface area contributed by atoms with Gasteiger partial charge in [-0.25, -0.2) is 0 Å². The maximum absolute atomic E-state index is 6.15. The SMILES string of the molecule is CCN(CCCN(C)C)Cc1cc2c(cc1N)OCCO2. The lowest BCUT2D eigenvalue weighted by molar-refractivity contribution is 0.171. The van der Waals surface area contributed by atoms with Gasteiger partial charge in [0, 0.05) is 18.3 Å². The molecule has 2 rings (SSSR count). The molecule has 21 heavy (non-hydrogen) atoms. The number of nitrogen functional groups attached to an aromatic ring is 1. The van der Waals surface area contributed by atoms with Gasteiger partial charge >= 0.3 is 0 Å². The van der Waals surface area contributed by atoms with E-state index in [9.17, 15) is 0 Å². The molecule has 0 bridgehead atoms. The van der Waals surface area contributed by atoms with Crippen molar-refractivity contribution in [3.8, 4) is 11.5 Å². The Balaban J connectivity index is 2.00. The molecule has 1 aromatic carbocycles. The van der Waals surface area contributed by atoms with Crippen molar-refractivity contribution in [2.24, 2.45) is 0 Å². The fraction of sp³-hybridized carbons (Fsp3) is 0.625. The molecule has 0 atom stereocenters. The highest BCUT2D eigenvalue weighted by Crippen LogP contribution is 2.34. The smallest absolute Gasteiger partial charge is 0.163 e. The average molecular weight is 293 g/mol. The monoisotopic (exact) mass is 293 g/mol. The van der Waals surface area contributed by atoms with E-state index < -0.39 is 0 Å². The summed E-state index contributed by atoms with van der Waals surface area (Å²) in [5, 5.41) is 0. The third-order valence-electron chi connectivity index (χ3n) is 3.72. The van der Waals surface area contributed by atoms with E-state index in [0.29, 0.717) is 13.2 Å². The van der Waals surface area contributed by atoms with Crippen molar-refractivity contribution in [3.63, 3.8) is 0 Å². The van der Waals surface area contributed by atoms with Crippen LogP contribution in [0, 0.1) is 0 Å². The molecule has 5 heteroatoms. The summed E-state index contributed by atoms with van der Waals surface area (Å²) in [6.45, 7) is 7.43. The highest BCUT2D eigenvalue weighted by Gasteiger charge is 2.16. The Morgan fingerprint density at radius 3 is 2.38 bits per heavy atom. The first-order valence-corrected chi connectivity index (χ1v) is 7.65. The van der Waals surface area contributed by atoms with Gasteiger partial charge in [-0.15, -0.1) is 0 Å². The molecule has 0 aromatic heterocycles. The van der Waals surface area contributed by atoms with E-state index in [-0.39, 0.29) is 0 Å². The van der Waals surface area contributed by atoms with E-state index in [4.69, 9.17) is 15.2 Å². The minimum Gasteiger partial charge on any atom is -0.486 e. The Morgan fingerprint density at radius 2 is 1.76 bits per heavy atom. The molecule has 0 fully saturated rings. The van der Waals surface area contributed by atoms with Gasteiger partial charge in [0.25, 0.3) is 0 Å². The molecule has 1 aromatic rings. The summed E-state index contributed by atoms with van der Waals surface area (Å²) in [6, 6.07) is 3.91. The molecule has 0 amide bonds. The molecular formula is C16H27N3O2. The lowest BCUT2D eigenvalue weighted by Gasteiger charge is -2.24. The summed E-state index contributed by atoms with van der Waals surface area (Å²) in [4.78, 5) is 4.62. The van der Waals surface area contributed by atoms with E-state index in [1.807, 2.05) is 12.1 Å². The first-order chi connectivity index (χ1) is 10.1. The molecule has 1 aliphatic heterocycles. The Hall–Kier alpha value is -1.46. The van der Waals surface area contributed by atoms with E-state index in [1.54, 1.807) is 0 Å². The first-order valence-electron chi connectivity index (χ1n) is 7.65. The van der Waals surface area contributed by atoms with Gasteiger partial charge < -0.3 is 20.1 Å². The normalized spacial score (nSPS) is 14.0. The molecule has 5 nitrogen and oxygen atoms in total. The van der Waals surface area contributed by atoms with Crippen LogP contribution in [0.1, 0.15) is 18.9 Å². The number of fused-ring (bicyclic) bond motifs is 1. The van der Waals surface area contributed by atoms with Crippen molar-refractivity contribution >= 4 is 5.69 Å². The number of hydrogen-bond donors (Lipinski definition) is 1. The maximum Gasteiger partial charge on any atom is 0.163 e. The van der Waals surface area contributed by atoms with E-state index >= 15 is 0 Å². The van der Waals surface area contributed by atoms with Gasteiger partial charge in [0.15, 0.2) is 11.5 Å². The van der Waals surface area contributed by atoms with Crippen molar-refractivity contribution in [3.05, 3.63) is 17.7 Å². The number of anilines is 1. The zero-order chi connectivity index (χ0) is 15.2. The number of rotatable bonds is 7. The van der Waals surface area contributed by atoms with E-state index in [1.165, 1.54) is 0 Å². The highest BCUT2D eigenvalue weighted by molar-refractivity contribution is 5.58. The zero-order valence-electron chi connectivity index (χ0n) is 13.4. The summed E-state index contributed by atoms with van der Waals surface area (Å²) in [5.41, 5.74) is 8.05. The zero-order valence-corrected chi connectivity index (χ0v) is 13.4. The fourth-order valence-electron chi connectivity index (χ4n) is 2.48. The average Bonchev–Trinajstić information content (AvgIpc) is 2.46. The van der Waals surface area contributed by atoms with Crippen LogP contribution in [0.2, 0.25) is 0 Å². The molecule has 2 N–H and O–H groups in total. The van der Waals surface area contributed by atoms with Gasteiger partial charge in [0.2, 0.25) is 0 Å². The van der Waals surface area contributed by atoms with Crippen molar-refractivity contribution in [2.75, 3.05) is 52.7 Å². The van der Waals surface area contributed by atoms with Crippen molar-refractivity contribution in [2.45, 2.75) is 19.9 Å². The van der Waals surface area contributed by atoms with E-state index in [0.717, 1.165) is 55.3 Å². The third-order valence-corrected chi connectivity index (χ3v) is 3.72. The van der Waals surface area contributed by atoms with Gasteiger partial charge in [-0.05, 0) is 51.8 Å². The topological polar surface area (TPSA) is 51.0 Å². The number of nitrogens with two attached hydrogens (primary N) is 1. The summed E-state index contributed by atoms with van der Waals surface area (Å²) < 4.78 is 11.2. The first kappa shape index (κ1) is 15.9. The Labute approximate surface area is 127 Å². The van der Waals surface area contributed by atoms with E-state index in [2.05, 4.69) is 30.8 Å². The molecule has 118 valence electrons. The lowest BCUT2D eigenvalue weighted by atomic mass is 10.1. The minimum atomic E-state index is 0.595. The molecular weight excluding hydrogens is 266 g/mol. The predicted octanol–water partition coefficient (Wildman–Crippen LogP) is 1.81. The molecule has 0 saturated carbocycles.